The lowest BCUT2D eigenvalue weighted by Crippen LogP contribution is -2.25. The van der Waals surface area contributed by atoms with E-state index >= 15 is 0 Å². The first-order chi connectivity index (χ1) is 9.75. The van der Waals surface area contributed by atoms with Gasteiger partial charge in [-0.05, 0) is 36.5 Å². The Labute approximate surface area is 117 Å². The minimum atomic E-state index is -1.02. The van der Waals surface area contributed by atoms with Crippen LogP contribution in [-0.2, 0) is 13.0 Å². The van der Waals surface area contributed by atoms with Crippen LogP contribution in [0.1, 0.15) is 46.1 Å². The molecule has 1 heterocycles. The van der Waals surface area contributed by atoms with Crippen molar-refractivity contribution < 1.29 is 14.3 Å². The lowest BCUT2D eigenvalue weighted by molar-refractivity contribution is 0.0660. The van der Waals surface area contributed by atoms with E-state index in [0.717, 1.165) is 19.3 Å². The monoisotopic (exact) mass is 271 g/mol. The Kier molecular flexibility index (Phi) is 3.56. The van der Waals surface area contributed by atoms with Crippen molar-refractivity contribution in [1.29, 1.82) is 0 Å². The van der Waals surface area contributed by atoms with Gasteiger partial charge in [0.25, 0.3) is 0 Å². The van der Waals surface area contributed by atoms with Gasteiger partial charge in [0.2, 0.25) is 5.76 Å². The summed E-state index contributed by atoms with van der Waals surface area (Å²) in [6.07, 6.45) is 4.79. The number of furan rings is 1. The van der Waals surface area contributed by atoms with Gasteiger partial charge in [-0.25, -0.2) is 4.79 Å². The van der Waals surface area contributed by atoms with Crippen molar-refractivity contribution in [2.45, 2.75) is 31.8 Å². The van der Waals surface area contributed by atoms with Crippen molar-refractivity contribution in [3.05, 3.63) is 59.0 Å². The molecule has 0 bridgehead atoms. The summed E-state index contributed by atoms with van der Waals surface area (Å²) >= 11 is 0. The first-order valence-electron chi connectivity index (χ1n) is 6.86. The normalized spacial score (nSPS) is 17.7. The van der Waals surface area contributed by atoms with E-state index in [-0.39, 0.29) is 11.8 Å². The van der Waals surface area contributed by atoms with Gasteiger partial charge in [0.05, 0.1) is 6.26 Å². The van der Waals surface area contributed by atoms with Crippen LogP contribution in [0.15, 0.2) is 41.0 Å². The maximum atomic E-state index is 11.0. The van der Waals surface area contributed by atoms with Crippen LogP contribution in [0.2, 0.25) is 0 Å². The average molecular weight is 271 g/mol. The summed E-state index contributed by atoms with van der Waals surface area (Å²) in [7, 11) is 0. The zero-order valence-corrected chi connectivity index (χ0v) is 11.1. The summed E-state index contributed by atoms with van der Waals surface area (Å²) in [5.41, 5.74) is 3.42. The van der Waals surface area contributed by atoms with Crippen molar-refractivity contribution >= 4 is 5.97 Å². The molecule has 0 spiro atoms. The average Bonchev–Trinajstić information content (AvgIpc) is 2.93. The number of carboxylic acid groups (broad SMARTS) is 1. The number of aryl methyl sites for hydroxylation is 1. The smallest absolute Gasteiger partial charge is 0.372 e. The van der Waals surface area contributed by atoms with E-state index in [9.17, 15) is 4.79 Å². The number of rotatable bonds is 4. The van der Waals surface area contributed by atoms with Gasteiger partial charge < -0.3 is 14.8 Å². The van der Waals surface area contributed by atoms with Gasteiger partial charge in [-0.1, -0.05) is 24.3 Å². The van der Waals surface area contributed by atoms with Crippen molar-refractivity contribution in [3.8, 4) is 0 Å². The maximum Gasteiger partial charge on any atom is 0.372 e. The highest BCUT2D eigenvalue weighted by Crippen LogP contribution is 2.29. The third kappa shape index (κ3) is 2.47. The van der Waals surface area contributed by atoms with Crippen LogP contribution in [0.3, 0.4) is 0 Å². The van der Waals surface area contributed by atoms with E-state index in [1.54, 1.807) is 6.07 Å². The Morgan fingerprint density at radius 3 is 3.05 bits per heavy atom. The number of benzene rings is 1. The van der Waals surface area contributed by atoms with Gasteiger partial charge in [0.1, 0.15) is 0 Å². The molecule has 1 aliphatic rings. The topological polar surface area (TPSA) is 62.5 Å². The van der Waals surface area contributed by atoms with Crippen LogP contribution in [0.5, 0.6) is 0 Å². The predicted molar refractivity (Wildman–Crippen MR) is 74.6 cm³/mol. The molecule has 2 aromatic rings. The second kappa shape index (κ2) is 5.51. The molecule has 1 aromatic carbocycles. The van der Waals surface area contributed by atoms with E-state index in [1.165, 1.54) is 17.4 Å². The Hall–Kier alpha value is -2.07. The molecule has 1 aliphatic carbocycles. The summed E-state index contributed by atoms with van der Waals surface area (Å²) < 4.78 is 5.00. The summed E-state index contributed by atoms with van der Waals surface area (Å²) in [4.78, 5) is 11.0. The van der Waals surface area contributed by atoms with E-state index in [2.05, 4.69) is 29.6 Å². The van der Waals surface area contributed by atoms with E-state index in [0.29, 0.717) is 12.1 Å². The Morgan fingerprint density at radius 1 is 1.35 bits per heavy atom. The largest absolute Gasteiger partial charge is 0.475 e. The van der Waals surface area contributed by atoms with Crippen LogP contribution < -0.4 is 5.32 Å². The molecular formula is C16H17NO3. The minimum absolute atomic E-state index is 0.0293. The fourth-order valence-corrected chi connectivity index (χ4v) is 2.86. The number of carboxylic acids is 1. The molecule has 0 radical (unpaired) electrons. The van der Waals surface area contributed by atoms with Gasteiger partial charge in [-0.2, -0.15) is 0 Å². The zero-order chi connectivity index (χ0) is 13.9. The number of aromatic carboxylic acids is 1. The second-order valence-electron chi connectivity index (χ2n) is 5.10. The summed E-state index contributed by atoms with van der Waals surface area (Å²) in [5.74, 6) is -0.988. The van der Waals surface area contributed by atoms with Gasteiger partial charge >= 0.3 is 5.97 Å². The molecule has 2 N–H and O–H groups in total. The van der Waals surface area contributed by atoms with Crippen molar-refractivity contribution in [2.24, 2.45) is 0 Å². The van der Waals surface area contributed by atoms with E-state index < -0.39 is 5.97 Å². The fourth-order valence-electron chi connectivity index (χ4n) is 2.86. The third-order valence-electron chi connectivity index (χ3n) is 3.85. The number of hydrogen-bond acceptors (Lipinski definition) is 3. The van der Waals surface area contributed by atoms with E-state index in [4.69, 9.17) is 9.52 Å². The van der Waals surface area contributed by atoms with Crippen molar-refractivity contribution in [2.75, 3.05) is 0 Å². The molecular weight excluding hydrogens is 254 g/mol. The lowest BCUT2D eigenvalue weighted by Gasteiger charge is -2.26. The highest BCUT2D eigenvalue weighted by atomic mass is 16.4. The minimum Gasteiger partial charge on any atom is -0.475 e. The molecule has 4 nitrogen and oxygen atoms in total. The Bertz CT molecular complexity index is 618. The highest BCUT2D eigenvalue weighted by molar-refractivity contribution is 5.86. The van der Waals surface area contributed by atoms with Crippen molar-refractivity contribution in [3.63, 3.8) is 0 Å². The van der Waals surface area contributed by atoms with Crippen LogP contribution >= 0.6 is 0 Å². The summed E-state index contributed by atoms with van der Waals surface area (Å²) in [6, 6.07) is 10.4. The molecule has 1 atom stereocenters. The predicted octanol–water partition coefficient (Wildman–Crippen LogP) is 3.15. The van der Waals surface area contributed by atoms with Gasteiger partial charge in [0, 0.05) is 18.2 Å². The number of nitrogens with one attached hydrogen (secondary N) is 1. The molecule has 0 amide bonds. The zero-order valence-electron chi connectivity index (χ0n) is 11.1. The fraction of sp³-hybridized carbons (Fsp3) is 0.312. The number of hydrogen-bond donors (Lipinski definition) is 2. The third-order valence-corrected chi connectivity index (χ3v) is 3.85. The lowest BCUT2D eigenvalue weighted by atomic mass is 9.87. The molecule has 0 aliphatic heterocycles. The van der Waals surface area contributed by atoms with E-state index in [1.807, 2.05) is 0 Å². The standard InChI is InChI=1S/C16H17NO3/c18-16(19)15-12(8-9-20-15)10-17-14-7-3-5-11-4-1-2-6-13(11)14/h1-2,4,6,8-9,14,17H,3,5,7,10H2,(H,18,19). The molecule has 4 heteroatoms. The van der Waals surface area contributed by atoms with Gasteiger partial charge in [0.15, 0.2) is 0 Å². The summed E-state index contributed by atoms with van der Waals surface area (Å²) in [5, 5.41) is 12.5. The Balaban J connectivity index is 1.73. The Morgan fingerprint density at radius 2 is 2.20 bits per heavy atom. The number of carbonyl (C=O) groups is 1. The molecule has 104 valence electrons. The van der Waals surface area contributed by atoms with Crippen LogP contribution in [0, 0.1) is 0 Å². The number of fused-ring (bicyclic) bond motifs is 1. The molecule has 0 fully saturated rings. The first-order valence-corrected chi connectivity index (χ1v) is 6.86. The summed E-state index contributed by atoms with van der Waals surface area (Å²) in [6.45, 7) is 0.511. The molecule has 1 aromatic heterocycles. The first kappa shape index (κ1) is 12.9. The second-order valence-corrected chi connectivity index (χ2v) is 5.10. The van der Waals surface area contributed by atoms with Crippen LogP contribution in [-0.4, -0.2) is 11.1 Å². The molecule has 1 unspecified atom stereocenters. The molecule has 0 saturated carbocycles. The van der Waals surface area contributed by atoms with Crippen molar-refractivity contribution in [1.82, 2.24) is 5.32 Å². The molecule has 20 heavy (non-hydrogen) atoms. The van der Waals surface area contributed by atoms with Crippen LogP contribution in [0.4, 0.5) is 0 Å². The molecule has 0 saturated heterocycles. The SMILES string of the molecule is O=C(O)c1occc1CNC1CCCc2ccccc21. The van der Waals surface area contributed by atoms with Crippen LogP contribution in [0.25, 0.3) is 0 Å². The highest BCUT2D eigenvalue weighted by Gasteiger charge is 2.20. The quantitative estimate of drug-likeness (QED) is 0.896. The van der Waals surface area contributed by atoms with Gasteiger partial charge in [-0.3, -0.25) is 0 Å². The van der Waals surface area contributed by atoms with Gasteiger partial charge in [-0.15, -0.1) is 0 Å². The maximum absolute atomic E-state index is 11.0. The molecule has 3 rings (SSSR count).